The smallest absolute Gasteiger partial charge is 0.349 e. The molecule has 0 spiro atoms. The highest BCUT2D eigenvalue weighted by Gasteiger charge is 2.32. The van der Waals surface area contributed by atoms with Gasteiger partial charge in [-0.3, -0.25) is 9.80 Å². The first-order valence-electron chi connectivity index (χ1n) is 12.6. The number of piperidine rings is 1. The lowest BCUT2D eigenvalue weighted by molar-refractivity contribution is 0.0764. The van der Waals surface area contributed by atoms with Crippen LogP contribution in [0.3, 0.4) is 0 Å². The second-order valence-corrected chi connectivity index (χ2v) is 11.0. The van der Waals surface area contributed by atoms with E-state index in [-0.39, 0.29) is 12.0 Å². The van der Waals surface area contributed by atoms with Gasteiger partial charge in [0.25, 0.3) is 0 Å². The molecule has 3 aliphatic heterocycles. The molecule has 2 unspecified atom stereocenters. The zero-order valence-corrected chi connectivity index (χ0v) is 22.2. The van der Waals surface area contributed by atoms with Gasteiger partial charge in [0.1, 0.15) is 12.4 Å². The largest absolute Gasteiger partial charge is 0.486 e. The van der Waals surface area contributed by atoms with Gasteiger partial charge in [0.05, 0.1) is 6.04 Å². The number of benzene rings is 2. The van der Waals surface area contributed by atoms with E-state index in [0.29, 0.717) is 23.9 Å². The Balaban J connectivity index is 1.29. The number of hydrogen-bond donors (Lipinski definition) is 1. The first-order chi connectivity index (χ1) is 17.8. The highest BCUT2D eigenvalue weighted by atomic mass is 32.2. The summed E-state index contributed by atoms with van der Waals surface area (Å²) in [4.78, 5) is 8.54. The average molecular weight is 528 g/mol. The summed E-state index contributed by atoms with van der Waals surface area (Å²) < 4.78 is 49.0. The standard InChI is InChI=1S/C26H33N5O5S/c1-18-7-10-21(11-8-18)35-26-29-37(32,33)28-25(30(26)3)27-19(2)24-17-34-22-12-9-20(15-23(22)36-24)16-31-13-5-4-6-14-31/h7-12,15,19,24H,4-6,13-14,16-17H2,1-3H3,(H,27,28). The fourth-order valence-electron chi connectivity index (χ4n) is 4.49. The van der Waals surface area contributed by atoms with Crippen molar-refractivity contribution in [1.29, 1.82) is 0 Å². The van der Waals surface area contributed by atoms with Gasteiger partial charge in [0.15, 0.2) is 17.6 Å². The Morgan fingerprint density at radius 2 is 1.89 bits per heavy atom. The molecule has 1 N–H and O–H groups in total. The predicted octanol–water partition coefficient (Wildman–Crippen LogP) is 3.08. The van der Waals surface area contributed by atoms with Gasteiger partial charge in [0.2, 0.25) is 5.96 Å². The normalized spacial score (nSPS) is 23.2. The van der Waals surface area contributed by atoms with Crippen LogP contribution < -0.4 is 18.9 Å². The maximum atomic E-state index is 12.4. The van der Waals surface area contributed by atoms with Crippen molar-refractivity contribution in [3.05, 3.63) is 53.6 Å². The van der Waals surface area contributed by atoms with Crippen molar-refractivity contribution in [2.45, 2.75) is 51.8 Å². The number of ether oxygens (including phenoxy) is 3. The first-order valence-corrected chi connectivity index (χ1v) is 14.0. The van der Waals surface area contributed by atoms with E-state index in [2.05, 4.69) is 25.1 Å². The van der Waals surface area contributed by atoms with Crippen LogP contribution in [-0.4, -0.2) is 69.1 Å². The summed E-state index contributed by atoms with van der Waals surface area (Å²) in [6.45, 7) is 7.24. The molecule has 0 bridgehead atoms. The molecule has 0 aromatic heterocycles. The Morgan fingerprint density at radius 3 is 2.65 bits per heavy atom. The van der Waals surface area contributed by atoms with Gasteiger partial charge in [-0.2, -0.15) is 8.42 Å². The second-order valence-electron chi connectivity index (χ2n) is 9.70. The lowest BCUT2D eigenvalue weighted by Crippen LogP contribution is -2.52. The number of aryl methyl sites for hydroxylation is 1. The fourth-order valence-corrected chi connectivity index (χ4v) is 5.33. The molecule has 1 fully saturated rings. The lowest BCUT2D eigenvalue weighted by Gasteiger charge is -2.31. The number of guanidine groups is 1. The number of amidine groups is 1. The highest BCUT2D eigenvalue weighted by Crippen LogP contribution is 2.34. The minimum atomic E-state index is -4.02. The summed E-state index contributed by atoms with van der Waals surface area (Å²) in [7, 11) is -2.38. The molecule has 2 aromatic rings. The Labute approximate surface area is 218 Å². The molecule has 0 radical (unpaired) electrons. The Bertz CT molecular complexity index is 1290. The third-order valence-electron chi connectivity index (χ3n) is 6.66. The molecule has 0 saturated carbocycles. The molecule has 10 nitrogen and oxygen atoms in total. The maximum absolute atomic E-state index is 12.4. The topological polar surface area (TPSA) is 105 Å². The second kappa shape index (κ2) is 10.6. The van der Waals surface area contributed by atoms with Gasteiger partial charge in [-0.1, -0.05) is 34.6 Å². The van der Waals surface area contributed by atoms with Crippen LogP contribution in [0, 0.1) is 6.92 Å². The van der Waals surface area contributed by atoms with Crippen LogP contribution in [0.4, 0.5) is 0 Å². The molecular weight excluding hydrogens is 494 g/mol. The molecule has 0 amide bonds. The zero-order chi connectivity index (χ0) is 26.0. The van der Waals surface area contributed by atoms with E-state index in [1.807, 2.05) is 38.1 Å². The third kappa shape index (κ3) is 6.16. The van der Waals surface area contributed by atoms with Crippen LogP contribution in [0.2, 0.25) is 0 Å². The Morgan fingerprint density at radius 1 is 1.14 bits per heavy atom. The first kappa shape index (κ1) is 25.3. The number of hydrogen-bond acceptors (Lipinski definition) is 7. The number of likely N-dealkylation sites (tertiary alicyclic amines) is 1. The van der Waals surface area contributed by atoms with E-state index in [1.165, 1.54) is 29.7 Å². The summed E-state index contributed by atoms with van der Waals surface area (Å²) >= 11 is 0. The van der Waals surface area contributed by atoms with Gasteiger partial charge < -0.3 is 14.2 Å². The van der Waals surface area contributed by atoms with E-state index >= 15 is 0 Å². The number of aliphatic imine (C=N–C) groups is 1. The zero-order valence-electron chi connectivity index (χ0n) is 21.4. The number of rotatable bonds is 5. The van der Waals surface area contributed by atoms with Crippen LogP contribution in [-0.2, 0) is 16.8 Å². The van der Waals surface area contributed by atoms with Crippen molar-refractivity contribution in [3.63, 3.8) is 0 Å². The fraction of sp³-hybridized carbons (Fsp3) is 0.462. The van der Waals surface area contributed by atoms with Gasteiger partial charge >= 0.3 is 16.2 Å². The van der Waals surface area contributed by atoms with Crippen LogP contribution in [0.25, 0.3) is 0 Å². The maximum Gasteiger partial charge on any atom is 0.349 e. The van der Waals surface area contributed by atoms with E-state index < -0.39 is 22.4 Å². The summed E-state index contributed by atoms with van der Waals surface area (Å²) in [5, 5.41) is 0. The molecular formula is C26H33N5O5S. The van der Waals surface area contributed by atoms with E-state index in [4.69, 9.17) is 14.2 Å². The van der Waals surface area contributed by atoms with Crippen molar-refractivity contribution in [2.24, 2.45) is 9.39 Å². The van der Waals surface area contributed by atoms with Gasteiger partial charge in [0, 0.05) is 13.6 Å². The van der Waals surface area contributed by atoms with E-state index in [9.17, 15) is 8.42 Å². The third-order valence-corrected chi connectivity index (χ3v) is 7.50. The molecule has 1 saturated heterocycles. The highest BCUT2D eigenvalue weighted by molar-refractivity contribution is 7.89. The minimum Gasteiger partial charge on any atom is -0.486 e. The van der Waals surface area contributed by atoms with Crippen LogP contribution in [0.5, 0.6) is 17.2 Å². The van der Waals surface area contributed by atoms with Crippen molar-refractivity contribution in [2.75, 3.05) is 26.7 Å². The molecule has 2 atom stereocenters. The SMILES string of the molecule is Cc1ccc(OC2=NS(=O)(=O)NC(=NC(C)C3COc4ccc(CN5CCCCC5)cc4O3)N2C)cc1. The van der Waals surface area contributed by atoms with Crippen molar-refractivity contribution in [1.82, 2.24) is 14.5 Å². The van der Waals surface area contributed by atoms with E-state index in [0.717, 1.165) is 25.2 Å². The quantitative estimate of drug-likeness (QED) is 0.637. The molecule has 37 heavy (non-hydrogen) atoms. The Hall–Kier alpha value is -3.31. The van der Waals surface area contributed by atoms with Gasteiger partial charge in [-0.15, -0.1) is 0 Å². The number of nitrogens with one attached hydrogen (secondary N) is 1. The monoisotopic (exact) mass is 527 g/mol. The molecule has 198 valence electrons. The summed E-state index contributed by atoms with van der Waals surface area (Å²) in [5.41, 5.74) is 2.24. The summed E-state index contributed by atoms with van der Waals surface area (Å²) in [6.07, 6.45) is 3.38. The molecule has 0 aliphatic carbocycles. The van der Waals surface area contributed by atoms with Crippen molar-refractivity contribution in [3.8, 4) is 17.2 Å². The number of fused-ring (bicyclic) bond motifs is 1. The number of nitrogens with zero attached hydrogens (tertiary/aromatic N) is 4. The van der Waals surface area contributed by atoms with Gasteiger partial charge in [-0.05, 0) is 69.6 Å². The predicted molar refractivity (Wildman–Crippen MR) is 141 cm³/mol. The molecule has 2 aromatic carbocycles. The Kier molecular flexibility index (Phi) is 7.25. The average Bonchev–Trinajstić information content (AvgIpc) is 2.88. The van der Waals surface area contributed by atoms with Crippen LogP contribution in [0.15, 0.2) is 51.9 Å². The van der Waals surface area contributed by atoms with Crippen LogP contribution in [0.1, 0.15) is 37.3 Å². The van der Waals surface area contributed by atoms with Crippen molar-refractivity contribution >= 4 is 22.2 Å². The summed E-state index contributed by atoms with van der Waals surface area (Å²) in [5.74, 6) is 1.95. The lowest BCUT2D eigenvalue weighted by atomic mass is 10.1. The molecule has 5 rings (SSSR count). The summed E-state index contributed by atoms with van der Waals surface area (Å²) in [6, 6.07) is 12.8. The van der Waals surface area contributed by atoms with Crippen LogP contribution >= 0.6 is 0 Å². The molecule has 3 aliphatic rings. The molecule has 11 heteroatoms. The van der Waals surface area contributed by atoms with Crippen molar-refractivity contribution < 1.29 is 22.6 Å². The molecule has 3 heterocycles. The van der Waals surface area contributed by atoms with Gasteiger partial charge in [-0.25, -0.2) is 9.71 Å². The van der Waals surface area contributed by atoms with E-state index in [1.54, 1.807) is 19.2 Å². The minimum absolute atomic E-state index is 0.0952.